The second-order valence-corrected chi connectivity index (χ2v) is 15.6. The summed E-state index contributed by atoms with van der Waals surface area (Å²) in [5.41, 5.74) is 0. The maximum atomic E-state index is 12.6. The third-order valence-corrected chi connectivity index (χ3v) is 9.34. The van der Waals surface area contributed by atoms with Gasteiger partial charge in [0.1, 0.15) is 12.7 Å². The average Bonchev–Trinajstić information content (AvgIpc) is 3.13. The zero-order chi connectivity index (χ0) is 40.1. The lowest BCUT2D eigenvalue weighted by Crippen LogP contribution is -2.29. The SMILES string of the molecule is CCCCC/C=C\C/C=C\C/C=C\C=C\C(=O)CCCC(=O)OC[C@H](COP(=O)(O)OC[C@@H](O)CO)OC(=O)CCCCCCCCCCCCC(C)C. The van der Waals surface area contributed by atoms with Crippen LogP contribution in [0.25, 0.3) is 0 Å². The van der Waals surface area contributed by atoms with Crippen LogP contribution in [0.1, 0.15) is 156 Å². The van der Waals surface area contributed by atoms with Crippen molar-refractivity contribution in [3.63, 3.8) is 0 Å². The molecule has 3 atom stereocenters. The maximum Gasteiger partial charge on any atom is 0.472 e. The molecular formula is C42H73O11P. The van der Waals surface area contributed by atoms with Gasteiger partial charge in [0, 0.05) is 19.3 Å². The van der Waals surface area contributed by atoms with E-state index < -0.39 is 58.4 Å². The molecule has 0 aromatic rings. The van der Waals surface area contributed by atoms with E-state index >= 15 is 0 Å². The molecule has 1 unspecified atom stereocenters. The number of esters is 2. The van der Waals surface area contributed by atoms with Gasteiger partial charge >= 0.3 is 19.8 Å². The van der Waals surface area contributed by atoms with Crippen LogP contribution in [-0.4, -0.2) is 71.5 Å². The molecule has 0 aromatic carbocycles. The largest absolute Gasteiger partial charge is 0.472 e. The Kier molecular flexibility index (Phi) is 34.6. The molecule has 0 aliphatic heterocycles. The number of carbonyl (C=O) groups is 3. The van der Waals surface area contributed by atoms with E-state index in [1.54, 1.807) is 6.08 Å². The van der Waals surface area contributed by atoms with Crippen LogP contribution in [0.4, 0.5) is 0 Å². The lowest BCUT2D eigenvalue weighted by Gasteiger charge is -2.20. The standard InChI is InChI=1S/C42H73O11P/c1-4-5-6-7-8-9-10-11-12-16-19-22-25-29-38(44)30-27-32-41(46)50-35-40(36-52-54(48,49)51-34-39(45)33-43)53-42(47)31-26-23-20-17-14-13-15-18-21-24-28-37(2)3/h8-9,11-12,19,22,25,29,37,39-40,43,45H,4-7,10,13-18,20-21,23-24,26-28,30-36H2,1-3H3,(H,48,49)/b9-8-,12-11-,22-19-,29-25+/t39-,40+/m0/s1. The normalized spacial score (nSPS) is 14.4. The Labute approximate surface area is 326 Å². The first-order chi connectivity index (χ1) is 26.0. The molecule has 0 saturated heterocycles. The molecule has 12 heteroatoms. The highest BCUT2D eigenvalue weighted by molar-refractivity contribution is 7.47. The van der Waals surface area contributed by atoms with Gasteiger partial charge in [0.25, 0.3) is 0 Å². The lowest BCUT2D eigenvalue weighted by atomic mass is 10.0. The summed E-state index contributed by atoms with van der Waals surface area (Å²) in [6, 6.07) is 0. The summed E-state index contributed by atoms with van der Waals surface area (Å²) in [6.07, 6.45) is 32.4. The van der Waals surface area contributed by atoms with Crippen molar-refractivity contribution >= 4 is 25.5 Å². The van der Waals surface area contributed by atoms with E-state index in [-0.39, 0.29) is 31.5 Å². The number of phosphoric ester groups is 1. The summed E-state index contributed by atoms with van der Waals surface area (Å²) >= 11 is 0. The van der Waals surface area contributed by atoms with Gasteiger partial charge in [0.15, 0.2) is 11.9 Å². The van der Waals surface area contributed by atoms with Crippen LogP contribution >= 0.6 is 7.82 Å². The van der Waals surface area contributed by atoms with Crippen molar-refractivity contribution < 1.29 is 52.6 Å². The van der Waals surface area contributed by atoms with Gasteiger partial charge in [-0.1, -0.05) is 140 Å². The van der Waals surface area contributed by atoms with Crippen LogP contribution in [0.15, 0.2) is 48.6 Å². The molecule has 0 aliphatic carbocycles. The van der Waals surface area contributed by atoms with E-state index in [9.17, 15) is 28.9 Å². The Hall–Kier alpha value is -2.40. The highest BCUT2D eigenvalue weighted by Gasteiger charge is 2.27. The Morgan fingerprint density at radius 2 is 1.26 bits per heavy atom. The lowest BCUT2D eigenvalue weighted by molar-refractivity contribution is -0.161. The van der Waals surface area contributed by atoms with E-state index in [0.29, 0.717) is 6.42 Å². The number of allylic oxidation sites excluding steroid dienone is 8. The maximum absolute atomic E-state index is 12.6. The van der Waals surface area contributed by atoms with E-state index in [1.165, 1.54) is 70.3 Å². The van der Waals surface area contributed by atoms with E-state index in [2.05, 4.69) is 49.6 Å². The van der Waals surface area contributed by atoms with Gasteiger partial charge < -0.3 is 24.6 Å². The van der Waals surface area contributed by atoms with Gasteiger partial charge in [-0.2, -0.15) is 0 Å². The Morgan fingerprint density at radius 3 is 1.91 bits per heavy atom. The van der Waals surface area contributed by atoms with Crippen molar-refractivity contribution in [2.24, 2.45) is 5.92 Å². The fourth-order valence-electron chi connectivity index (χ4n) is 5.19. The number of aliphatic hydroxyl groups excluding tert-OH is 2. The van der Waals surface area contributed by atoms with E-state index in [0.717, 1.165) is 44.4 Å². The topological polar surface area (TPSA) is 166 Å². The number of aliphatic hydroxyl groups is 2. The molecule has 0 fully saturated rings. The highest BCUT2D eigenvalue weighted by Crippen LogP contribution is 2.43. The smallest absolute Gasteiger partial charge is 0.462 e. The van der Waals surface area contributed by atoms with E-state index in [1.807, 2.05) is 12.2 Å². The Balaban J connectivity index is 4.54. The number of hydrogen-bond donors (Lipinski definition) is 3. The Bertz CT molecular complexity index is 1120. The summed E-state index contributed by atoms with van der Waals surface area (Å²) in [4.78, 5) is 47.1. The Morgan fingerprint density at radius 1 is 0.667 bits per heavy atom. The number of ether oxygens (including phenoxy) is 2. The molecule has 0 spiro atoms. The summed E-state index contributed by atoms with van der Waals surface area (Å²) < 4.78 is 32.4. The number of hydrogen-bond acceptors (Lipinski definition) is 10. The van der Waals surface area contributed by atoms with Crippen LogP contribution in [0.2, 0.25) is 0 Å². The van der Waals surface area contributed by atoms with Crippen LogP contribution in [-0.2, 0) is 37.5 Å². The molecule has 0 aromatic heterocycles. The number of ketones is 1. The van der Waals surface area contributed by atoms with E-state index in [4.69, 9.17) is 19.1 Å². The average molecular weight is 785 g/mol. The highest BCUT2D eigenvalue weighted by atomic mass is 31.2. The first-order valence-corrected chi connectivity index (χ1v) is 21.9. The van der Waals surface area contributed by atoms with Crippen molar-refractivity contribution in [2.75, 3.05) is 26.4 Å². The number of rotatable bonds is 37. The summed E-state index contributed by atoms with van der Waals surface area (Å²) in [5, 5.41) is 18.3. The third kappa shape index (κ3) is 36.6. The fraction of sp³-hybridized carbons (Fsp3) is 0.738. The molecule has 0 rings (SSSR count). The van der Waals surface area contributed by atoms with Crippen LogP contribution in [0, 0.1) is 5.92 Å². The predicted octanol–water partition coefficient (Wildman–Crippen LogP) is 9.59. The predicted molar refractivity (Wildman–Crippen MR) is 215 cm³/mol. The van der Waals surface area contributed by atoms with Gasteiger partial charge in [-0.25, -0.2) is 4.57 Å². The molecule has 0 aliphatic rings. The molecule has 0 saturated carbocycles. The summed E-state index contributed by atoms with van der Waals surface area (Å²) in [6.45, 7) is 4.35. The molecular weight excluding hydrogens is 711 g/mol. The minimum Gasteiger partial charge on any atom is -0.462 e. The molecule has 11 nitrogen and oxygen atoms in total. The third-order valence-electron chi connectivity index (χ3n) is 8.39. The molecule has 0 radical (unpaired) electrons. The van der Waals surface area contributed by atoms with Crippen LogP contribution in [0.3, 0.4) is 0 Å². The molecule has 312 valence electrons. The second-order valence-electron chi connectivity index (χ2n) is 14.2. The zero-order valence-electron chi connectivity index (χ0n) is 33.6. The van der Waals surface area contributed by atoms with Crippen LogP contribution < -0.4 is 0 Å². The van der Waals surface area contributed by atoms with Gasteiger partial charge in [0.2, 0.25) is 0 Å². The molecule has 54 heavy (non-hydrogen) atoms. The quantitative estimate of drug-likeness (QED) is 0.0137. The van der Waals surface area contributed by atoms with Gasteiger partial charge in [0.05, 0.1) is 19.8 Å². The molecule has 0 amide bonds. The fourth-order valence-corrected chi connectivity index (χ4v) is 5.98. The van der Waals surface area contributed by atoms with Crippen molar-refractivity contribution in [1.29, 1.82) is 0 Å². The summed E-state index contributed by atoms with van der Waals surface area (Å²) in [5.74, 6) is -0.541. The number of phosphoric acid groups is 1. The summed E-state index contributed by atoms with van der Waals surface area (Å²) in [7, 11) is -4.67. The van der Waals surface area contributed by atoms with Gasteiger partial charge in [-0.05, 0) is 50.5 Å². The first kappa shape index (κ1) is 51.6. The molecule has 3 N–H and O–H groups in total. The van der Waals surface area contributed by atoms with Crippen LogP contribution in [0.5, 0.6) is 0 Å². The van der Waals surface area contributed by atoms with Crippen molar-refractivity contribution in [1.82, 2.24) is 0 Å². The second kappa shape index (κ2) is 36.3. The van der Waals surface area contributed by atoms with Gasteiger partial charge in [-0.3, -0.25) is 23.4 Å². The first-order valence-electron chi connectivity index (χ1n) is 20.4. The minimum absolute atomic E-state index is 0.0480. The number of carbonyl (C=O) groups excluding carboxylic acids is 3. The van der Waals surface area contributed by atoms with Gasteiger partial charge in [-0.15, -0.1) is 0 Å². The van der Waals surface area contributed by atoms with Crippen molar-refractivity contribution in [3.05, 3.63) is 48.6 Å². The van der Waals surface area contributed by atoms with Crippen molar-refractivity contribution in [2.45, 2.75) is 168 Å². The molecule has 0 heterocycles. The molecule has 0 bridgehead atoms. The monoisotopic (exact) mass is 784 g/mol. The minimum atomic E-state index is -4.67. The number of unbranched alkanes of at least 4 members (excludes halogenated alkanes) is 12. The van der Waals surface area contributed by atoms with Crippen molar-refractivity contribution in [3.8, 4) is 0 Å². The zero-order valence-corrected chi connectivity index (χ0v) is 34.5.